The van der Waals surface area contributed by atoms with E-state index in [1.54, 1.807) is 6.07 Å². The van der Waals surface area contributed by atoms with Gasteiger partial charge in [0.2, 0.25) is 0 Å². The fourth-order valence-corrected chi connectivity index (χ4v) is 4.03. The Morgan fingerprint density at radius 2 is 1.72 bits per heavy atom. The van der Waals surface area contributed by atoms with Crippen molar-refractivity contribution in [3.8, 4) is 11.5 Å². The number of hydrogen-bond acceptors (Lipinski definition) is 4. The molecule has 0 saturated carbocycles. The molecule has 2 aromatic rings. The van der Waals surface area contributed by atoms with Crippen LogP contribution in [0.3, 0.4) is 0 Å². The second kappa shape index (κ2) is 9.73. The maximum absolute atomic E-state index is 9.79. The Morgan fingerprint density at radius 3 is 2.41 bits per heavy atom. The van der Waals surface area contributed by atoms with Gasteiger partial charge < -0.3 is 14.7 Å². The Labute approximate surface area is 180 Å². The van der Waals surface area contributed by atoms with E-state index in [-0.39, 0.29) is 5.41 Å². The number of para-hydroxylation sites is 1. The van der Waals surface area contributed by atoms with Crippen LogP contribution in [0.1, 0.15) is 39.2 Å². The number of rotatable bonds is 7. The molecule has 0 atom stereocenters. The molecule has 0 aliphatic carbocycles. The highest BCUT2D eigenvalue weighted by molar-refractivity contribution is 6.33. The van der Waals surface area contributed by atoms with E-state index in [4.69, 9.17) is 16.3 Å². The van der Waals surface area contributed by atoms with Crippen LogP contribution < -0.4 is 9.64 Å². The fourth-order valence-electron chi connectivity index (χ4n) is 3.77. The molecule has 1 aliphatic heterocycles. The van der Waals surface area contributed by atoms with Crippen LogP contribution in [-0.4, -0.2) is 49.3 Å². The second-order valence-electron chi connectivity index (χ2n) is 8.77. The largest absolute Gasteiger partial charge is 0.508 e. The highest BCUT2D eigenvalue weighted by Gasteiger charge is 2.20. The zero-order valence-corrected chi connectivity index (χ0v) is 18.6. The van der Waals surface area contributed by atoms with Gasteiger partial charge in [0, 0.05) is 31.7 Å². The molecule has 0 aromatic heterocycles. The third-order valence-corrected chi connectivity index (χ3v) is 5.78. The maximum atomic E-state index is 9.79. The summed E-state index contributed by atoms with van der Waals surface area (Å²) in [7, 11) is 0. The van der Waals surface area contributed by atoms with Gasteiger partial charge in [0.05, 0.1) is 17.3 Å². The van der Waals surface area contributed by atoms with Crippen LogP contribution >= 0.6 is 11.6 Å². The number of aromatic hydroxyl groups is 1. The van der Waals surface area contributed by atoms with Crippen molar-refractivity contribution in [2.45, 2.75) is 39.0 Å². The fraction of sp³-hybridized carbons (Fsp3) is 0.500. The normalized spacial score (nSPS) is 15.5. The number of phenolic OH excluding ortho intramolecular Hbond substituents is 1. The van der Waals surface area contributed by atoms with Gasteiger partial charge in [-0.1, -0.05) is 44.5 Å². The highest BCUT2D eigenvalue weighted by atomic mass is 35.5. The molecular formula is C24H33ClN2O2. The SMILES string of the molecule is CC(C)(C)c1cc(O)ccc1OCCCCN1CCN(c2ccccc2Cl)CC1. The Bertz CT molecular complexity index is 796. The lowest BCUT2D eigenvalue weighted by Crippen LogP contribution is -2.46. The van der Waals surface area contributed by atoms with E-state index < -0.39 is 0 Å². The van der Waals surface area contributed by atoms with Gasteiger partial charge >= 0.3 is 0 Å². The summed E-state index contributed by atoms with van der Waals surface area (Å²) in [5.41, 5.74) is 2.13. The molecule has 1 aliphatic rings. The monoisotopic (exact) mass is 416 g/mol. The van der Waals surface area contributed by atoms with Crippen LogP contribution in [0.25, 0.3) is 0 Å². The number of anilines is 1. The van der Waals surface area contributed by atoms with Crippen LogP contribution in [-0.2, 0) is 5.41 Å². The van der Waals surface area contributed by atoms with E-state index in [0.717, 1.165) is 67.6 Å². The summed E-state index contributed by atoms with van der Waals surface area (Å²) in [4.78, 5) is 4.90. The topological polar surface area (TPSA) is 35.9 Å². The average molecular weight is 417 g/mol. The van der Waals surface area contributed by atoms with Crippen LogP contribution in [0.4, 0.5) is 5.69 Å². The summed E-state index contributed by atoms with van der Waals surface area (Å²) in [6.07, 6.45) is 2.14. The molecular weight excluding hydrogens is 384 g/mol. The van der Waals surface area contributed by atoms with Crippen molar-refractivity contribution in [1.82, 2.24) is 4.90 Å². The Balaban J connectivity index is 1.39. The number of hydrogen-bond donors (Lipinski definition) is 1. The van der Waals surface area contributed by atoms with Gasteiger partial charge in [-0.25, -0.2) is 0 Å². The molecule has 4 nitrogen and oxygen atoms in total. The first-order chi connectivity index (χ1) is 13.8. The van der Waals surface area contributed by atoms with E-state index in [0.29, 0.717) is 12.4 Å². The molecule has 1 saturated heterocycles. The molecule has 2 aromatic carbocycles. The van der Waals surface area contributed by atoms with Crippen molar-refractivity contribution in [3.05, 3.63) is 53.1 Å². The van der Waals surface area contributed by atoms with Crippen molar-refractivity contribution in [2.75, 3.05) is 44.2 Å². The Hall–Kier alpha value is -1.91. The maximum Gasteiger partial charge on any atom is 0.123 e. The number of nitrogens with zero attached hydrogens (tertiary/aromatic N) is 2. The molecule has 0 radical (unpaired) electrons. The van der Waals surface area contributed by atoms with Gasteiger partial charge in [0.15, 0.2) is 0 Å². The second-order valence-corrected chi connectivity index (χ2v) is 9.17. The molecule has 0 amide bonds. The van der Waals surface area contributed by atoms with Crippen molar-refractivity contribution in [1.29, 1.82) is 0 Å². The third kappa shape index (κ3) is 6.03. The summed E-state index contributed by atoms with van der Waals surface area (Å²) in [6, 6.07) is 13.5. The van der Waals surface area contributed by atoms with Crippen molar-refractivity contribution in [2.24, 2.45) is 0 Å². The molecule has 0 spiro atoms. The minimum absolute atomic E-state index is 0.0601. The van der Waals surface area contributed by atoms with Gasteiger partial charge in [0.25, 0.3) is 0 Å². The molecule has 3 rings (SSSR count). The van der Waals surface area contributed by atoms with Crippen molar-refractivity contribution >= 4 is 17.3 Å². The van der Waals surface area contributed by atoms with Gasteiger partial charge in [-0.05, 0) is 55.1 Å². The van der Waals surface area contributed by atoms with E-state index in [9.17, 15) is 5.11 Å². The molecule has 5 heteroatoms. The molecule has 1 heterocycles. The van der Waals surface area contributed by atoms with Crippen LogP contribution in [0, 0.1) is 0 Å². The van der Waals surface area contributed by atoms with E-state index in [1.807, 2.05) is 30.3 Å². The summed E-state index contributed by atoms with van der Waals surface area (Å²) in [5, 5.41) is 10.6. The van der Waals surface area contributed by atoms with Crippen molar-refractivity contribution < 1.29 is 9.84 Å². The lowest BCUT2D eigenvalue weighted by atomic mass is 9.86. The number of piperazine rings is 1. The molecule has 1 fully saturated rings. The van der Waals surface area contributed by atoms with Crippen LogP contribution in [0.15, 0.2) is 42.5 Å². The molecule has 158 valence electrons. The van der Waals surface area contributed by atoms with Crippen molar-refractivity contribution in [3.63, 3.8) is 0 Å². The Morgan fingerprint density at radius 1 is 1.00 bits per heavy atom. The van der Waals surface area contributed by atoms with Gasteiger partial charge in [-0.15, -0.1) is 0 Å². The van der Waals surface area contributed by atoms with Gasteiger partial charge in [0.1, 0.15) is 11.5 Å². The van der Waals surface area contributed by atoms with E-state index in [2.05, 4.69) is 36.6 Å². The summed E-state index contributed by atoms with van der Waals surface area (Å²) < 4.78 is 6.04. The number of phenols is 1. The zero-order chi connectivity index (χ0) is 20.9. The molecule has 1 N–H and O–H groups in total. The quantitative estimate of drug-likeness (QED) is 0.619. The summed E-state index contributed by atoms with van der Waals surface area (Å²) >= 11 is 6.33. The molecule has 0 unspecified atom stereocenters. The lowest BCUT2D eigenvalue weighted by Gasteiger charge is -2.36. The van der Waals surface area contributed by atoms with Crippen LogP contribution in [0.5, 0.6) is 11.5 Å². The first kappa shape index (κ1) is 21.8. The standard InChI is InChI=1S/C24H33ClN2O2/c1-24(2,3)20-18-19(28)10-11-23(20)29-17-7-6-12-26-13-15-27(16-14-26)22-9-5-4-8-21(22)25/h4-5,8-11,18,28H,6-7,12-17H2,1-3H3. The number of ether oxygens (including phenoxy) is 1. The lowest BCUT2D eigenvalue weighted by molar-refractivity contribution is 0.237. The predicted molar refractivity (Wildman–Crippen MR) is 122 cm³/mol. The zero-order valence-electron chi connectivity index (χ0n) is 17.8. The first-order valence-corrected chi connectivity index (χ1v) is 10.9. The Kier molecular flexibility index (Phi) is 7.31. The smallest absolute Gasteiger partial charge is 0.123 e. The number of halogens is 1. The molecule has 29 heavy (non-hydrogen) atoms. The average Bonchev–Trinajstić information content (AvgIpc) is 2.69. The molecule has 0 bridgehead atoms. The van der Waals surface area contributed by atoms with E-state index >= 15 is 0 Å². The van der Waals surface area contributed by atoms with Gasteiger partial charge in [-0.2, -0.15) is 0 Å². The third-order valence-electron chi connectivity index (χ3n) is 5.46. The highest BCUT2D eigenvalue weighted by Crippen LogP contribution is 2.34. The van der Waals surface area contributed by atoms with Gasteiger partial charge in [-0.3, -0.25) is 4.90 Å². The minimum Gasteiger partial charge on any atom is -0.508 e. The summed E-state index contributed by atoms with van der Waals surface area (Å²) in [6.45, 7) is 12.4. The number of benzene rings is 2. The summed E-state index contributed by atoms with van der Waals surface area (Å²) in [5.74, 6) is 1.17. The number of unbranched alkanes of at least 4 members (excludes halogenated alkanes) is 1. The minimum atomic E-state index is -0.0601. The van der Waals surface area contributed by atoms with Crippen LogP contribution in [0.2, 0.25) is 5.02 Å². The first-order valence-electron chi connectivity index (χ1n) is 10.5. The predicted octanol–water partition coefficient (Wildman–Crippen LogP) is 5.32. The van der Waals surface area contributed by atoms with E-state index in [1.165, 1.54) is 0 Å².